The van der Waals surface area contributed by atoms with Crippen molar-refractivity contribution < 1.29 is 41.5 Å². The highest BCUT2D eigenvalue weighted by Gasteiger charge is 2.39. The Labute approximate surface area is 196 Å². The van der Waals surface area contributed by atoms with Gasteiger partial charge in [-0.15, -0.1) is 13.2 Å². The van der Waals surface area contributed by atoms with Crippen LogP contribution in [0.1, 0.15) is 40.7 Å². The van der Waals surface area contributed by atoms with Crippen LogP contribution in [0.25, 0.3) is 0 Å². The number of nitrogens with zero attached hydrogens (tertiary/aromatic N) is 1. The van der Waals surface area contributed by atoms with Crippen LogP contribution in [0.15, 0.2) is 36.4 Å². The second kappa shape index (κ2) is 9.35. The molecule has 2 heterocycles. The molecule has 4 amide bonds. The Balaban J connectivity index is 1.37. The summed E-state index contributed by atoms with van der Waals surface area (Å²) in [6, 6.07) is 6.95. The van der Waals surface area contributed by atoms with Crippen molar-refractivity contribution in [2.24, 2.45) is 0 Å². The van der Waals surface area contributed by atoms with Crippen molar-refractivity contribution in [3.63, 3.8) is 0 Å². The van der Waals surface area contributed by atoms with Crippen LogP contribution in [0.4, 0.5) is 23.2 Å². The standard InChI is InChI=1S/C23H19F4N3O5/c24-16-5-4-14(10-18(16)35-23(25,26)27)28-19(31)7-2-12-1-3-13-11-30(22(34)15(13)9-12)17-6-8-20(32)29-21(17)33/h1,3-5,9-10,17H,2,6-8,11H2,(H,28,31)(H,29,32,33). The number of imide groups is 1. The Hall–Kier alpha value is -3.96. The maximum atomic E-state index is 13.5. The van der Waals surface area contributed by atoms with E-state index >= 15 is 0 Å². The molecule has 0 bridgehead atoms. The summed E-state index contributed by atoms with van der Waals surface area (Å²) >= 11 is 0. The molecule has 1 unspecified atom stereocenters. The zero-order valence-electron chi connectivity index (χ0n) is 18.1. The highest BCUT2D eigenvalue weighted by molar-refractivity contribution is 6.05. The van der Waals surface area contributed by atoms with Gasteiger partial charge in [0.2, 0.25) is 17.7 Å². The van der Waals surface area contributed by atoms with Crippen LogP contribution in [0.2, 0.25) is 0 Å². The lowest BCUT2D eigenvalue weighted by Gasteiger charge is -2.29. The summed E-state index contributed by atoms with van der Waals surface area (Å²) in [5.74, 6) is -4.05. The average molecular weight is 493 g/mol. The van der Waals surface area contributed by atoms with Gasteiger partial charge in [-0.1, -0.05) is 12.1 Å². The van der Waals surface area contributed by atoms with Gasteiger partial charge in [-0.25, -0.2) is 4.39 Å². The predicted molar refractivity (Wildman–Crippen MR) is 113 cm³/mol. The summed E-state index contributed by atoms with van der Waals surface area (Å²) in [4.78, 5) is 50.1. The van der Waals surface area contributed by atoms with Gasteiger partial charge in [-0.2, -0.15) is 0 Å². The number of alkyl halides is 3. The predicted octanol–water partition coefficient (Wildman–Crippen LogP) is 3.06. The summed E-state index contributed by atoms with van der Waals surface area (Å²) in [6.07, 6.45) is -4.53. The lowest BCUT2D eigenvalue weighted by atomic mass is 10.0. The molecule has 35 heavy (non-hydrogen) atoms. The van der Waals surface area contributed by atoms with Gasteiger partial charge in [-0.3, -0.25) is 24.5 Å². The second-order valence-electron chi connectivity index (χ2n) is 8.13. The van der Waals surface area contributed by atoms with E-state index in [-0.39, 0.29) is 49.7 Å². The molecular weight excluding hydrogens is 474 g/mol. The molecule has 1 saturated heterocycles. The SMILES string of the molecule is O=C1CCC(N2Cc3ccc(CCC(=O)Nc4ccc(F)c(OC(F)(F)F)c4)cc3C2=O)C(=O)N1. The molecule has 1 fully saturated rings. The Morgan fingerprint density at radius 3 is 2.63 bits per heavy atom. The molecule has 4 rings (SSSR count). The summed E-state index contributed by atoms with van der Waals surface area (Å²) < 4.78 is 54.2. The number of amides is 4. The minimum absolute atomic E-state index is 0.0589. The first-order valence-corrected chi connectivity index (χ1v) is 10.6. The van der Waals surface area contributed by atoms with E-state index in [1.807, 2.05) is 0 Å². The van der Waals surface area contributed by atoms with Crippen LogP contribution in [0, 0.1) is 5.82 Å². The molecule has 2 aliphatic heterocycles. The lowest BCUT2D eigenvalue weighted by molar-refractivity contribution is -0.275. The van der Waals surface area contributed by atoms with E-state index in [2.05, 4.69) is 15.4 Å². The molecule has 0 spiro atoms. The molecule has 0 saturated carbocycles. The van der Waals surface area contributed by atoms with Crippen molar-refractivity contribution >= 4 is 29.3 Å². The number of aryl methyl sites for hydroxylation is 1. The fraction of sp³-hybridized carbons (Fsp3) is 0.304. The highest BCUT2D eigenvalue weighted by atomic mass is 19.4. The molecule has 12 heteroatoms. The number of halogens is 4. The molecule has 2 aromatic rings. The molecule has 0 aliphatic carbocycles. The van der Waals surface area contributed by atoms with Gasteiger partial charge in [-0.05, 0) is 42.2 Å². The molecule has 0 radical (unpaired) electrons. The third-order valence-electron chi connectivity index (χ3n) is 5.67. The minimum atomic E-state index is -5.08. The first-order chi connectivity index (χ1) is 16.5. The number of carbonyl (C=O) groups excluding carboxylic acids is 4. The number of fused-ring (bicyclic) bond motifs is 1. The second-order valence-corrected chi connectivity index (χ2v) is 8.13. The van der Waals surface area contributed by atoms with Gasteiger partial charge in [0.1, 0.15) is 6.04 Å². The quantitative estimate of drug-likeness (QED) is 0.476. The molecule has 0 aromatic heterocycles. The number of carbonyl (C=O) groups is 4. The molecular formula is C23H19F4N3O5. The van der Waals surface area contributed by atoms with Crippen LogP contribution in [-0.2, 0) is 27.3 Å². The minimum Gasteiger partial charge on any atom is -0.403 e. The van der Waals surface area contributed by atoms with Crippen LogP contribution in [0.5, 0.6) is 5.75 Å². The largest absolute Gasteiger partial charge is 0.573 e. The lowest BCUT2D eigenvalue weighted by Crippen LogP contribution is -2.52. The van der Waals surface area contributed by atoms with E-state index in [1.54, 1.807) is 18.2 Å². The van der Waals surface area contributed by atoms with Gasteiger partial charge in [0.05, 0.1) is 0 Å². The van der Waals surface area contributed by atoms with Crippen LogP contribution in [0.3, 0.4) is 0 Å². The molecule has 8 nitrogen and oxygen atoms in total. The normalized spacial score (nSPS) is 17.8. The van der Waals surface area contributed by atoms with E-state index in [1.165, 1.54) is 4.90 Å². The number of hydrogen-bond donors (Lipinski definition) is 2. The Bertz CT molecular complexity index is 1210. The molecule has 184 valence electrons. The maximum Gasteiger partial charge on any atom is 0.573 e. The molecule has 2 aromatic carbocycles. The van der Waals surface area contributed by atoms with Crippen LogP contribution < -0.4 is 15.4 Å². The Morgan fingerprint density at radius 2 is 1.91 bits per heavy atom. The van der Waals surface area contributed by atoms with E-state index in [9.17, 15) is 36.7 Å². The number of benzene rings is 2. The maximum absolute atomic E-state index is 13.5. The van der Waals surface area contributed by atoms with Gasteiger partial charge >= 0.3 is 6.36 Å². The number of hydrogen-bond acceptors (Lipinski definition) is 5. The van der Waals surface area contributed by atoms with Crippen molar-refractivity contribution in [2.45, 2.75) is 44.6 Å². The van der Waals surface area contributed by atoms with Crippen LogP contribution >= 0.6 is 0 Å². The number of nitrogens with one attached hydrogen (secondary N) is 2. The third kappa shape index (κ3) is 5.58. The van der Waals surface area contributed by atoms with E-state index in [4.69, 9.17) is 0 Å². The molecule has 2 N–H and O–H groups in total. The smallest absolute Gasteiger partial charge is 0.403 e. The van der Waals surface area contributed by atoms with Crippen molar-refractivity contribution in [3.8, 4) is 5.75 Å². The highest BCUT2D eigenvalue weighted by Crippen LogP contribution is 2.30. The first kappa shape index (κ1) is 24.2. The van der Waals surface area contributed by atoms with E-state index in [0.29, 0.717) is 11.1 Å². The number of rotatable bonds is 6. The van der Waals surface area contributed by atoms with Gasteiger partial charge in [0.15, 0.2) is 11.6 Å². The number of anilines is 1. The van der Waals surface area contributed by atoms with E-state index < -0.39 is 35.8 Å². The fourth-order valence-electron chi connectivity index (χ4n) is 4.02. The summed E-state index contributed by atoms with van der Waals surface area (Å²) in [7, 11) is 0. The van der Waals surface area contributed by atoms with Gasteiger partial charge in [0.25, 0.3) is 5.91 Å². The van der Waals surface area contributed by atoms with Crippen LogP contribution in [-0.4, -0.2) is 40.9 Å². The van der Waals surface area contributed by atoms with Crippen molar-refractivity contribution in [1.82, 2.24) is 10.2 Å². The Morgan fingerprint density at radius 1 is 1.14 bits per heavy atom. The molecule has 2 aliphatic rings. The monoisotopic (exact) mass is 493 g/mol. The van der Waals surface area contributed by atoms with Crippen molar-refractivity contribution in [1.29, 1.82) is 0 Å². The van der Waals surface area contributed by atoms with Crippen molar-refractivity contribution in [2.75, 3.05) is 5.32 Å². The number of ether oxygens (including phenoxy) is 1. The van der Waals surface area contributed by atoms with Gasteiger partial charge < -0.3 is 15.0 Å². The molecule has 1 atom stereocenters. The van der Waals surface area contributed by atoms with Gasteiger partial charge in [0, 0.05) is 36.7 Å². The average Bonchev–Trinajstić information content (AvgIpc) is 3.09. The zero-order chi connectivity index (χ0) is 25.3. The number of piperidine rings is 1. The van der Waals surface area contributed by atoms with E-state index in [0.717, 1.165) is 23.8 Å². The zero-order valence-corrected chi connectivity index (χ0v) is 18.1. The summed E-state index contributed by atoms with van der Waals surface area (Å²) in [6.45, 7) is 0.230. The van der Waals surface area contributed by atoms with Crippen molar-refractivity contribution in [3.05, 3.63) is 58.9 Å². The Kier molecular flexibility index (Phi) is 6.46. The fourth-order valence-corrected chi connectivity index (χ4v) is 4.02. The summed E-state index contributed by atoms with van der Waals surface area (Å²) in [5, 5.41) is 4.62. The first-order valence-electron chi connectivity index (χ1n) is 10.6. The third-order valence-corrected chi connectivity index (χ3v) is 5.67. The topological polar surface area (TPSA) is 105 Å². The summed E-state index contributed by atoms with van der Waals surface area (Å²) in [5.41, 5.74) is 1.72.